The number of hydrogen-bond donors (Lipinski definition) is 1. The van der Waals surface area contributed by atoms with E-state index >= 15 is 0 Å². The number of aromatic nitrogens is 1. The predicted octanol–water partition coefficient (Wildman–Crippen LogP) is 2.38. The number of nitrogens with zero attached hydrogens (tertiary/aromatic N) is 4. The van der Waals surface area contributed by atoms with Crippen molar-refractivity contribution in [3.05, 3.63) is 48.8 Å². The molecule has 1 aromatic heterocycles. The van der Waals surface area contributed by atoms with Crippen LogP contribution in [0, 0.1) is 0 Å². The maximum atomic E-state index is 12.6. The number of pyridine rings is 1. The molecule has 2 aromatic rings. The first-order valence-electron chi connectivity index (χ1n) is 9.64. The Bertz CT molecular complexity index is 886. The lowest BCUT2D eigenvalue weighted by atomic mass is 10.2. The summed E-state index contributed by atoms with van der Waals surface area (Å²) < 4.78 is 4.63. The van der Waals surface area contributed by atoms with Crippen LogP contribution >= 0.6 is 12.4 Å². The van der Waals surface area contributed by atoms with E-state index in [9.17, 15) is 14.4 Å². The molecule has 2 heterocycles. The van der Waals surface area contributed by atoms with E-state index in [0.717, 1.165) is 18.8 Å². The van der Waals surface area contributed by atoms with Crippen molar-refractivity contribution in [1.29, 1.82) is 0 Å². The van der Waals surface area contributed by atoms with Crippen LogP contribution in [0.1, 0.15) is 6.92 Å². The van der Waals surface area contributed by atoms with Crippen LogP contribution in [0.2, 0.25) is 0 Å². The molecule has 0 bridgehead atoms. The molecule has 0 aliphatic carbocycles. The van der Waals surface area contributed by atoms with Crippen molar-refractivity contribution in [1.82, 2.24) is 9.88 Å². The second-order valence-electron chi connectivity index (χ2n) is 6.84. The highest BCUT2D eigenvalue weighted by molar-refractivity contribution is 5.96. The Morgan fingerprint density at radius 3 is 2.19 bits per heavy atom. The minimum Gasteiger partial charge on any atom is -0.468 e. The number of carbonyl (C=O) groups is 3. The molecule has 0 saturated carbocycles. The Balaban J connectivity index is 0.00000341. The summed E-state index contributed by atoms with van der Waals surface area (Å²) in [5.74, 6) is -0.780. The van der Waals surface area contributed by atoms with E-state index in [0.29, 0.717) is 24.5 Å². The zero-order chi connectivity index (χ0) is 21.5. The van der Waals surface area contributed by atoms with Crippen LogP contribution in [0.5, 0.6) is 0 Å². The van der Waals surface area contributed by atoms with E-state index in [-0.39, 0.29) is 30.9 Å². The van der Waals surface area contributed by atoms with Gasteiger partial charge in [0.25, 0.3) is 0 Å². The minimum atomic E-state index is -0.506. The molecule has 1 saturated heterocycles. The fraction of sp³-hybridized carbons (Fsp3) is 0.333. The summed E-state index contributed by atoms with van der Waals surface area (Å²) in [5.41, 5.74) is 2.27. The number of esters is 1. The van der Waals surface area contributed by atoms with Crippen LogP contribution in [0.15, 0.2) is 48.8 Å². The van der Waals surface area contributed by atoms with Gasteiger partial charge < -0.3 is 24.8 Å². The van der Waals surface area contributed by atoms with E-state index in [4.69, 9.17) is 0 Å². The molecule has 1 aliphatic rings. The number of urea groups is 1. The van der Waals surface area contributed by atoms with Gasteiger partial charge in [0.15, 0.2) is 0 Å². The first kappa shape index (κ1) is 23.9. The Morgan fingerprint density at radius 2 is 1.65 bits per heavy atom. The standard InChI is InChI=1S/C21H25N5O4.ClH/c1-16(27)26(15-20(28)30-2)19-5-3-17(4-6-19)23-21(29)25-13-11-24(12-14-25)18-7-9-22-10-8-18;/h3-10H,11-15H2,1-2H3,(H,23,29);1H. The highest BCUT2D eigenvalue weighted by atomic mass is 35.5. The van der Waals surface area contributed by atoms with E-state index in [1.807, 2.05) is 12.1 Å². The third-order valence-electron chi connectivity index (χ3n) is 4.92. The molecular formula is C21H26ClN5O4. The molecule has 3 amide bonds. The topological polar surface area (TPSA) is 95.1 Å². The fourth-order valence-electron chi connectivity index (χ4n) is 3.23. The van der Waals surface area contributed by atoms with Crippen LogP contribution in [0.4, 0.5) is 21.9 Å². The van der Waals surface area contributed by atoms with Gasteiger partial charge in [0.1, 0.15) is 6.54 Å². The van der Waals surface area contributed by atoms with Gasteiger partial charge in [-0.15, -0.1) is 12.4 Å². The second kappa shape index (κ2) is 11.2. The highest BCUT2D eigenvalue weighted by Crippen LogP contribution is 2.20. The summed E-state index contributed by atoms with van der Waals surface area (Å²) in [6, 6.07) is 10.5. The Labute approximate surface area is 187 Å². The van der Waals surface area contributed by atoms with Crippen molar-refractivity contribution in [2.24, 2.45) is 0 Å². The predicted molar refractivity (Wildman–Crippen MR) is 121 cm³/mol. The normalized spacial score (nSPS) is 13.1. The van der Waals surface area contributed by atoms with Gasteiger partial charge >= 0.3 is 12.0 Å². The zero-order valence-electron chi connectivity index (χ0n) is 17.5. The summed E-state index contributed by atoms with van der Waals surface area (Å²) in [6.45, 7) is 3.94. The van der Waals surface area contributed by atoms with Gasteiger partial charge in [-0.25, -0.2) is 4.79 Å². The van der Waals surface area contributed by atoms with Crippen molar-refractivity contribution >= 4 is 47.4 Å². The van der Waals surface area contributed by atoms with Gasteiger partial charge in [0.2, 0.25) is 5.91 Å². The monoisotopic (exact) mass is 447 g/mol. The van der Waals surface area contributed by atoms with Gasteiger partial charge in [-0.2, -0.15) is 0 Å². The summed E-state index contributed by atoms with van der Waals surface area (Å²) in [7, 11) is 1.27. The molecule has 9 nitrogen and oxygen atoms in total. The molecule has 0 atom stereocenters. The molecule has 1 aliphatic heterocycles. The van der Waals surface area contributed by atoms with E-state index in [1.54, 1.807) is 41.6 Å². The molecule has 166 valence electrons. The molecule has 1 N–H and O–H groups in total. The maximum Gasteiger partial charge on any atom is 0.325 e. The van der Waals surface area contributed by atoms with Crippen molar-refractivity contribution in [2.45, 2.75) is 6.92 Å². The average molecular weight is 448 g/mol. The number of piperazine rings is 1. The number of nitrogens with one attached hydrogen (secondary N) is 1. The van der Waals surface area contributed by atoms with Gasteiger partial charge in [0, 0.05) is 62.6 Å². The zero-order valence-corrected chi connectivity index (χ0v) is 18.3. The van der Waals surface area contributed by atoms with Crippen LogP contribution in [0.25, 0.3) is 0 Å². The molecule has 10 heteroatoms. The van der Waals surface area contributed by atoms with Gasteiger partial charge in [-0.3, -0.25) is 14.6 Å². The number of methoxy groups -OCH3 is 1. The molecule has 1 aromatic carbocycles. The largest absolute Gasteiger partial charge is 0.468 e. The molecule has 1 fully saturated rings. The third-order valence-corrected chi connectivity index (χ3v) is 4.92. The number of halogens is 1. The number of benzene rings is 1. The summed E-state index contributed by atoms with van der Waals surface area (Å²) >= 11 is 0. The smallest absolute Gasteiger partial charge is 0.325 e. The highest BCUT2D eigenvalue weighted by Gasteiger charge is 2.21. The number of carbonyl (C=O) groups excluding carboxylic acids is 3. The summed E-state index contributed by atoms with van der Waals surface area (Å²) in [5, 5.41) is 2.88. The number of rotatable bonds is 5. The molecule has 0 spiro atoms. The molecule has 3 rings (SSSR count). The second-order valence-corrected chi connectivity index (χ2v) is 6.84. The van der Waals surface area contributed by atoms with E-state index < -0.39 is 5.97 Å². The molecule has 31 heavy (non-hydrogen) atoms. The van der Waals surface area contributed by atoms with Gasteiger partial charge in [0.05, 0.1) is 7.11 Å². The first-order valence-corrected chi connectivity index (χ1v) is 9.64. The Hall–Kier alpha value is -3.33. The van der Waals surface area contributed by atoms with Crippen molar-refractivity contribution in [3.8, 4) is 0 Å². The third kappa shape index (κ3) is 6.32. The molecule has 0 unspecified atom stereocenters. The van der Waals surface area contributed by atoms with Gasteiger partial charge in [-0.1, -0.05) is 0 Å². The lowest BCUT2D eigenvalue weighted by Crippen LogP contribution is -2.50. The van der Waals surface area contributed by atoms with Crippen LogP contribution < -0.4 is 15.1 Å². The maximum absolute atomic E-state index is 12.6. The lowest BCUT2D eigenvalue weighted by Gasteiger charge is -2.36. The molecule has 0 radical (unpaired) electrons. The Kier molecular flexibility index (Phi) is 8.63. The van der Waals surface area contributed by atoms with Crippen molar-refractivity contribution in [3.63, 3.8) is 0 Å². The van der Waals surface area contributed by atoms with E-state index in [2.05, 4.69) is 19.9 Å². The number of amides is 3. The number of hydrogen-bond acceptors (Lipinski definition) is 6. The van der Waals surface area contributed by atoms with Gasteiger partial charge in [-0.05, 0) is 36.4 Å². The molecular weight excluding hydrogens is 422 g/mol. The lowest BCUT2D eigenvalue weighted by molar-refractivity contribution is -0.139. The number of anilines is 3. The number of ether oxygens (including phenoxy) is 1. The SMILES string of the molecule is COC(=O)CN(C(C)=O)c1ccc(NC(=O)N2CCN(c3ccncc3)CC2)cc1.Cl. The van der Waals surface area contributed by atoms with Crippen LogP contribution in [0.3, 0.4) is 0 Å². The van der Waals surface area contributed by atoms with Crippen LogP contribution in [-0.2, 0) is 14.3 Å². The summed E-state index contributed by atoms with van der Waals surface area (Å²) in [4.78, 5) is 45.3. The van der Waals surface area contributed by atoms with E-state index in [1.165, 1.54) is 18.9 Å². The quantitative estimate of drug-likeness (QED) is 0.707. The summed E-state index contributed by atoms with van der Waals surface area (Å²) in [6.07, 6.45) is 3.52. The van der Waals surface area contributed by atoms with Crippen molar-refractivity contribution < 1.29 is 19.1 Å². The van der Waals surface area contributed by atoms with Crippen molar-refractivity contribution in [2.75, 3.05) is 55.0 Å². The Morgan fingerprint density at radius 1 is 1.03 bits per heavy atom. The van der Waals surface area contributed by atoms with Crippen LogP contribution in [-0.4, -0.2) is 67.6 Å². The minimum absolute atomic E-state index is 0. The fourth-order valence-corrected chi connectivity index (χ4v) is 3.23. The first-order chi connectivity index (χ1) is 14.5. The average Bonchev–Trinajstić information content (AvgIpc) is 2.78.